The standard InChI is InChI=1S/C27H30FN3O4S/c1-21-9-11-24(12-10-21)36(33,34)31(26-8-3-2-7-25(26)28)20-27(32)29-18-22-5-4-6-23(17-22)19-30-13-15-35-16-14-30/h2-12,17H,13-16,18-20H2,1H3,(H,29,32). The van der Waals surface area contributed by atoms with Gasteiger partial charge in [0.05, 0.1) is 23.8 Å². The zero-order chi connectivity index (χ0) is 25.5. The van der Waals surface area contributed by atoms with E-state index in [0.29, 0.717) is 0 Å². The lowest BCUT2D eigenvalue weighted by Gasteiger charge is -2.26. The van der Waals surface area contributed by atoms with Gasteiger partial charge in [0, 0.05) is 26.2 Å². The minimum absolute atomic E-state index is 0.0139. The van der Waals surface area contributed by atoms with Crippen LogP contribution in [0.1, 0.15) is 16.7 Å². The van der Waals surface area contributed by atoms with Crippen LogP contribution in [0, 0.1) is 12.7 Å². The van der Waals surface area contributed by atoms with Gasteiger partial charge in [-0.2, -0.15) is 0 Å². The number of carbonyl (C=O) groups excluding carboxylic acids is 1. The maximum absolute atomic E-state index is 14.6. The van der Waals surface area contributed by atoms with Crippen molar-refractivity contribution in [2.45, 2.75) is 24.9 Å². The molecule has 3 aromatic carbocycles. The van der Waals surface area contributed by atoms with Crippen molar-refractivity contribution in [3.05, 3.63) is 95.3 Å². The molecule has 0 spiro atoms. The molecular weight excluding hydrogens is 481 g/mol. The molecule has 1 fully saturated rings. The van der Waals surface area contributed by atoms with E-state index < -0.39 is 28.3 Å². The second-order valence-electron chi connectivity index (χ2n) is 8.76. The van der Waals surface area contributed by atoms with E-state index in [1.807, 2.05) is 31.2 Å². The van der Waals surface area contributed by atoms with Crippen LogP contribution in [0.2, 0.25) is 0 Å². The molecule has 0 unspecified atom stereocenters. The van der Waals surface area contributed by atoms with Gasteiger partial charge in [-0.15, -0.1) is 0 Å². The summed E-state index contributed by atoms with van der Waals surface area (Å²) in [5, 5.41) is 2.78. The smallest absolute Gasteiger partial charge is 0.264 e. The highest BCUT2D eigenvalue weighted by atomic mass is 32.2. The Morgan fingerprint density at radius 2 is 1.69 bits per heavy atom. The molecule has 0 atom stereocenters. The van der Waals surface area contributed by atoms with E-state index in [2.05, 4.69) is 10.2 Å². The van der Waals surface area contributed by atoms with Crippen molar-refractivity contribution in [2.75, 3.05) is 37.2 Å². The lowest BCUT2D eigenvalue weighted by molar-refractivity contribution is -0.119. The van der Waals surface area contributed by atoms with Gasteiger partial charge in [0.2, 0.25) is 5.91 Å². The number of morpholine rings is 1. The van der Waals surface area contributed by atoms with Crippen molar-refractivity contribution in [3.8, 4) is 0 Å². The number of hydrogen-bond acceptors (Lipinski definition) is 5. The van der Waals surface area contributed by atoms with Crippen LogP contribution in [0.5, 0.6) is 0 Å². The Labute approximate surface area is 211 Å². The van der Waals surface area contributed by atoms with Gasteiger partial charge in [0.25, 0.3) is 10.0 Å². The van der Waals surface area contributed by atoms with E-state index in [1.54, 1.807) is 12.1 Å². The summed E-state index contributed by atoms with van der Waals surface area (Å²) in [5.74, 6) is -1.26. The fraction of sp³-hybridized carbons (Fsp3) is 0.296. The number of sulfonamides is 1. The average Bonchev–Trinajstić information content (AvgIpc) is 2.88. The molecule has 0 aliphatic carbocycles. The van der Waals surface area contributed by atoms with E-state index in [-0.39, 0.29) is 17.1 Å². The maximum atomic E-state index is 14.6. The Kier molecular flexibility index (Phi) is 8.35. The fourth-order valence-electron chi connectivity index (χ4n) is 4.03. The number of hydrogen-bond donors (Lipinski definition) is 1. The average molecular weight is 512 g/mol. The highest BCUT2D eigenvalue weighted by molar-refractivity contribution is 7.92. The van der Waals surface area contributed by atoms with E-state index in [4.69, 9.17) is 4.74 Å². The predicted octanol–water partition coefficient (Wildman–Crippen LogP) is 3.48. The largest absolute Gasteiger partial charge is 0.379 e. The van der Waals surface area contributed by atoms with Crippen LogP contribution in [0.25, 0.3) is 0 Å². The molecule has 0 bridgehead atoms. The number of rotatable bonds is 9. The van der Waals surface area contributed by atoms with E-state index >= 15 is 0 Å². The zero-order valence-electron chi connectivity index (χ0n) is 20.2. The van der Waals surface area contributed by atoms with E-state index in [0.717, 1.165) is 53.8 Å². The van der Waals surface area contributed by atoms with Crippen LogP contribution in [0.3, 0.4) is 0 Å². The minimum atomic E-state index is -4.18. The van der Waals surface area contributed by atoms with Crippen molar-refractivity contribution < 1.29 is 22.3 Å². The predicted molar refractivity (Wildman–Crippen MR) is 136 cm³/mol. The molecule has 1 amide bonds. The van der Waals surface area contributed by atoms with Gasteiger partial charge in [0.15, 0.2) is 0 Å². The summed E-state index contributed by atoms with van der Waals surface area (Å²) in [4.78, 5) is 15.2. The third kappa shape index (κ3) is 6.48. The molecular formula is C27H30FN3O4S. The van der Waals surface area contributed by atoms with Crippen LogP contribution in [-0.2, 0) is 32.6 Å². The van der Waals surface area contributed by atoms with Gasteiger partial charge in [0.1, 0.15) is 12.4 Å². The highest BCUT2D eigenvalue weighted by Crippen LogP contribution is 2.26. The Balaban J connectivity index is 1.47. The first-order valence-corrected chi connectivity index (χ1v) is 13.3. The normalized spacial score (nSPS) is 14.4. The number of aryl methyl sites for hydroxylation is 1. The third-order valence-electron chi connectivity index (χ3n) is 6.01. The molecule has 0 aromatic heterocycles. The number of anilines is 1. The second kappa shape index (κ2) is 11.6. The van der Waals surface area contributed by atoms with Crippen molar-refractivity contribution in [1.82, 2.24) is 10.2 Å². The van der Waals surface area contributed by atoms with E-state index in [9.17, 15) is 17.6 Å². The molecule has 1 saturated heterocycles. The summed E-state index contributed by atoms with van der Waals surface area (Å²) >= 11 is 0. The molecule has 0 radical (unpaired) electrons. The first-order valence-electron chi connectivity index (χ1n) is 11.8. The molecule has 0 saturated carbocycles. The van der Waals surface area contributed by atoms with Gasteiger partial charge in [-0.3, -0.25) is 14.0 Å². The summed E-state index contributed by atoms with van der Waals surface area (Å²) in [6, 6.07) is 19.7. The second-order valence-corrected chi connectivity index (χ2v) is 10.6. The van der Waals surface area contributed by atoms with Gasteiger partial charge in [-0.25, -0.2) is 12.8 Å². The third-order valence-corrected chi connectivity index (χ3v) is 7.78. The zero-order valence-corrected chi connectivity index (χ0v) is 21.0. The summed E-state index contributed by atoms with van der Waals surface area (Å²) < 4.78 is 47.7. The molecule has 7 nitrogen and oxygen atoms in total. The molecule has 1 aliphatic rings. The number of halogens is 1. The van der Waals surface area contributed by atoms with Crippen LogP contribution in [-0.4, -0.2) is 52.1 Å². The highest BCUT2D eigenvalue weighted by Gasteiger charge is 2.29. The summed E-state index contributed by atoms with van der Waals surface area (Å²) in [6.45, 7) is 5.51. The Morgan fingerprint density at radius 1 is 1.00 bits per heavy atom. The maximum Gasteiger partial charge on any atom is 0.264 e. The lowest BCUT2D eigenvalue weighted by Crippen LogP contribution is -2.41. The van der Waals surface area contributed by atoms with E-state index in [1.165, 1.54) is 36.4 Å². The molecule has 4 rings (SSSR count). The first kappa shape index (κ1) is 25.8. The number of amides is 1. The topological polar surface area (TPSA) is 79.0 Å². The molecule has 3 aromatic rings. The number of benzene rings is 3. The molecule has 1 aliphatic heterocycles. The molecule has 190 valence electrons. The van der Waals surface area contributed by atoms with Crippen LogP contribution >= 0.6 is 0 Å². The number of nitrogens with zero attached hydrogens (tertiary/aromatic N) is 2. The Morgan fingerprint density at radius 3 is 2.42 bits per heavy atom. The Hall–Kier alpha value is -3.27. The van der Waals surface area contributed by atoms with Crippen LogP contribution in [0.4, 0.5) is 10.1 Å². The van der Waals surface area contributed by atoms with Crippen LogP contribution in [0.15, 0.2) is 77.7 Å². The van der Waals surface area contributed by atoms with Crippen molar-refractivity contribution in [1.29, 1.82) is 0 Å². The summed E-state index contributed by atoms with van der Waals surface area (Å²) in [5.41, 5.74) is 2.73. The number of ether oxygens (including phenoxy) is 1. The van der Waals surface area contributed by atoms with Crippen molar-refractivity contribution >= 4 is 21.6 Å². The molecule has 36 heavy (non-hydrogen) atoms. The SMILES string of the molecule is Cc1ccc(S(=O)(=O)N(CC(=O)NCc2cccc(CN3CCOCC3)c2)c2ccccc2F)cc1. The molecule has 1 heterocycles. The summed E-state index contributed by atoms with van der Waals surface area (Å²) in [6.07, 6.45) is 0. The fourth-order valence-corrected chi connectivity index (χ4v) is 5.46. The number of carbonyl (C=O) groups is 1. The first-order chi connectivity index (χ1) is 17.3. The monoisotopic (exact) mass is 511 g/mol. The van der Waals surface area contributed by atoms with Crippen molar-refractivity contribution in [2.24, 2.45) is 0 Å². The molecule has 1 N–H and O–H groups in total. The number of nitrogens with one attached hydrogen (secondary N) is 1. The molecule has 9 heteroatoms. The number of para-hydroxylation sites is 1. The van der Waals surface area contributed by atoms with Crippen LogP contribution < -0.4 is 9.62 Å². The lowest BCUT2D eigenvalue weighted by atomic mass is 10.1. The minimum Gasteiger partial charge on any atom is -0.379 e. The van der Waals surface area contributed by atoms with Gasteiger partial charge >= 0.3 is 0 Å². The van der Waals surface area contributed by atoms with Gasteiger partial charge < -0.3 is 10.1 Å². The summed E-state index contributed by atoms with van der Waals surface area (Å²) in [7, 11) is -4.18. The Bertz CT molecular complexity index is 1290. The van der Waals surface area contributed by atoms with Crippen molar-refractivity contribution in [3.63, 3.8) is 0 Å². The quantitative estimate of drug-likeness (QED) is 0.476. The van der Waals surface area contributed by atoms with Gasteiger partial charge in [-0.05, 0) is 42.3 Å². The van der Waals surface area contributed by atoms with Gasteiger partial charge in [-0.1, -0.05) is 54.1 Å².